The van der Waals surface area contributed by atoms with Crippen LogP contribution in [-0.4, -0.2) is 75.0 Å². The van der Waals surface area contributed by atoms with Crippen molar-refractivity contribution in [1.29, 1.82) is 0 Å². The molecule has 0 aliphatic heterocycles. The molecule has 0 aromatic carbocycles. The third-order valence-electron chi connectivity index (χ3n) is 4.62. The lowest BCUT2D eigenvalue weighted by Crippen LogP contribution is -2.33. The van der Waals surface area contributed by atoms with Crippen molar-refractivity contribution in [3.63, 3.8) is 0 Å². The smallest absolute Gasteiger partial charge is 0.334 e. The Labute approximate surface area is 216 Å². The van der Waals surface area contributed by atoms with Gasteiger partial charge in [-0.1, -0.05) is 13.2 Å². The van der Waals surface area contributed by atoms with Crippen molar-refractivity contribution in [2.24, 2.45) is 11.8 Å². The second kappa shape index (κ2) is 17.7. The number of esters is 6. The van der Waals surface area contributed by atoms with Crippen LogP contribution in [0.5, 0.6) is 0 Å². The van der Waals surface area contributed by atoms with Gasteiger partial charge >= 0.3 is 35.8 Å². The molecule has 0 aliphatic carbocycles. The van der Waals surface area contributed by atoms with Crippen molar-refractivity contribution in [2.45, 2.75) is 53.6 Å². The van der Waals surface area contributed by atoms with Crippen LogP contribution in [-0.2, 0) is 57.2 Å². The molecule has 0 amide bonds. The lowest BCUT2D eigenvalue weighted by molar-refractivity contribution is -0.165. The summed E-state index contributed by atoms with van der Waals surface area (Å²) < 4.78 is 29.7. The standard InChI is InChI=1S/C25H36O12/c1-8-32-20(26)12-18(16(6)22(28)34-10-3)24(30)36-14-15(5)37-25(31)19(13-21(27)33-9-2)17(7)23(29)35-11-4/h15,18-19H,6-14H2,1-5H3. The zero-order chi connectivity index (χ0) is 28.5. The molecule has 0 radical (unpaired) electrons. The predicted molar refractivity (Wildman–Crippen MR) is 128 cm³/mol. The van der Waals surface area contributed by atoms with Crippen LogP contribution >= 0.6 is 0 Å². The quantitative estimate of drug-likeness (QED) is 0.153. The van der Waals surface area contributed by atoms with Crippen molar-refractivity contribution in [3.05, 3.63) is 24.3 Å². The van der Waals surface area contributed by atoms with Gasteiger partial charge in [0.2, 0.25) is 0 Å². The largest absolute Gasteiger partial charge is 0.466 e. The molecule has 0 aromatic heterocycles. The second-order valence-corrected chi connectivity index (χ2v) is 7.49. The summed E-state index contributed by atoms with van der Waals surface area (Å²) in [5, 5.41) is 0. The lowest BCUT2D eigenvalue weighted by Gasteiger charge is -2.21. The summed E-state index contributed by atoms with van der Waals surface area (Å²) in [4.78, 5) is 73.4. The van der Waals surface area contributed by atoms with Gasteiger partial charge in [-0.25, -0.2) is 9.59 Å². The van der Waals surface area contributed by atoms with Gasteiger partial charge in [-0.2, -0.15) is 0 Å². The molecule has 0 N–H and O–H groups in total. The van der Waals surface area contributed by atoms with Gasteiger partial charge in [-0.15, -0.1) is 0 Å². The molecule has 3 unspecified atom stereocenters. The Kier molecular flexibility index (Phi) is 15.9. The van der Waals surface area contributed by atoms with Crippen molar-refractivity contribution in [1.82, 2.24) is 0 Å². The predicted octanol–water partition coefficient (Wildman–Crippen LogP) is 1.84. The van der Waals surface area contributed by atoms with Crippen molar-refractivity contribution in [2.75, 3.05) is 33.0 Å². The molecule has 0 spiro atoms. The van der Waals surface area contributed by atoms with Gasteiger partial charge in [-0.05, 0) is 34.6 Å². The van der Waals surface area contributed by atoms with Gasteiger partial charge in [-0.3, -0.25) is 19.2 Å². The topological polar surface area (TPSA) is 158 Å². The number of carbonyl (C=O) groups is 6. The third kappa shape index (κ3) is 12.2. The second-order valence-electron chi connectivity index (χ2n) is 7.49. The molecule has 0 rings (SSSR count). The van der Waals surface area contributed by atoms with Crippen LogP contribution in [0.4, 0.5) is 0 Å². The minimum atomic E-state index is -1.39. The van der Waals surface area contributed by atoms with Crippen molar-refractivity contribution < 1.29 is 57.2 Å². The van der Waals surface area contributed by atoms with Gasteiger partial charge in [0.15, 0.2) is 0 Å². The number of hydrogen-bond donors (Lipinski definition) is 0. The monoisotopic (exact) mass is 528 g/mol. The van der Waals surface area contributed by atoms with Crippen LogP contribution in [0.2, 0.25) is 0 Å². The Morgan fingerprint density at radius 2 is 0.973 bits per heavy atom. The highest BCUT2D eigenvalue weighted by molar-refractivity contribution is 5.97. The van der Waals surface area contributed by atoms with Crippen LogP contribution in [0.25, 0.3) is 0 Å². The average molecular weight is 529 g/mol. The molecule has 0 saturated heterocycles. The van der Waals surface area contributed by atoms with E-state index in [1.54, 1.807) is 27.7 Å². The number of carbonyl (C=O) groups excluding carboxylic acids is 6. The highest BCUT2D eigenvalue weighted by Gasteiger charge is 2.34. The highest BCUT2D eigenvalue weighted by Crippen LogP contribution is 2.21. The Morgan fingerprint density at radius 1 is 0.595 bits per heavy atom. The summed E-state index contributed by atoms with van der Waals surface area (Å²) in [6.45, 7) is 14.4. The van der Waals surface area contributed by atoms with E-state index in [4.69, 9.17) is 28.4 Å². The summed E-state index contributed by atoms with van der Waals surface area (Å²) in [7, 11) is 0. The van der Waals surface area contributed by atoms with Gasteiger partial charge < -0.3 is 28.4 Å². The maximum absolute atomic E-state index is 12.7. The van der Waals surface area contributed by atoms with Crippen LogP contribution in [0.1, 0.15) is 47.5 Å². The van der Waals surface area contributed by atoms with Crippen molar-refractivity contribution in [3.8, 4) is 0 Å². The van der Waals surface area contributed by atoms with Crippen LogP contribution in [0.15, 0.2) is 24.3 Å². The van der Waals surface area contributed by atoms with E-state index >= 15 is 0 Å². The fourth-order valence-electron chi connectivity index (χ4n) is 2.82. The first kappa shape index (κ1) is 33.3. The fraction of sp³-hybridized carbons (Fsp3) is 0.600. The Hall–Kier alpha value is -3.70. The van der Waals surface area contributed by atoms with E-state index in [-0.39, 0.29) is 37.6 Å². The van der Waals surface area contributed by atoms with E-state index in [0.717, 1.165) is 0 Å². The molecule has 12 nitrogen and oxygen atoms in total. The van der Waals surface area contributed by atoms with Crippen LogP contribution < -0.4 is 0 Å². The van der Waals surface area contributed by atoms with E-state index in [1.165, 1.54) is 6.92 Å². The zero-order valence-corrected chi connectivity index (χ0v) is 22.0. The SMILES string of the molecule is C=C(C(=O)OCC)C(CC(=O)OCC)C(=O)OCC(C)OC(=O)C(CC(=O)OCC)C(=C)C(=O)OCC. The van der Waals surface area contributed by atoms with Crippen LogP contribution in [0, 0.1) is 11.8 Å². The van der Waals surface area contributed by atoms with Gasteiger partial charge in [0, 0.05) is 11.1 Å². The van der Waals surface area contributed by atoms with E-state index < -0.39 is 73.2 Å². The lowest BCUT2D eigenvalue weighted by atomic mass is 9.96. The fourth-order valence-corrected chi connectivity index (χ4v) is 2.82. The van der Waals surface area contributed by atoms with Gasteiger partial charge in [0.1, 0.15) is 12.7 Å². The normalized spacial score (nSPS) is 12.7. The van der Waals surface area contributed by atoms with Crippen molar-refractivity contribution >= 4 is 35.8 Å². The minimum absolute atomic E-state index is 0.0233. The molecule has 208 valence electrons. The number of rotatable bonds is 17. The maximum Gasteiger partial charge on any atom is 0.334 e. The highest BCUT2D eigenvalue weighted by atomic mass is 16.6. The van der Waals surface area contributed by atoms with E-state index in [9.17, 15) is 28.8 Å². The minimum Gasteiger partial charge on any atom is -0.466 e. The van der Waals surface area contributed by atoms with E-state index in [0.29, 0.717) is 0 Å². The Balaban J connectivity index is 5.38. The van der Waals surface area contributed by atoms with Gasteiger partial charge in [0.05, 0.1) is 51.1 Å². The first-order chi connectivity index (χ1) is 17.4. The Bertz CT molecular complexity index is 860. The van der Waals surface area contributed by atoms with Crippen LogP contribution in [0.3, 0.4) is 0 Å². The molecule has 37 heavy (non-hydrogen) atoms. The number of hydrogen-bond acceptors (Lipinski definition) is 12. The van der Waals surface area contributed by atoms with Gasteiger partial charge in [0.25, 0.3) is 0 Å². The first-order valence-electron chi connectivity index (χ1n) is 11.8. The molecule has 3 atom stereocenters. The molecular weight excluding hydrogens is 492 g/mol. The summed E-state index contributed by atoms with van der Waals surface area (Å²) >= 11 is 0. The number of ether oxygens (including phenoxy) is 6. The summed E-state index contributed by atoms with van der Waals surface area (Å²) in [5.74, 6) is -8.04. The molecule has 12 heteroatoms. The Morgan fingerprint density at radius 3 is 1.35 bits per heavy atom. The summed E-state index contributed by atoms with van der Waals surface area (Å²) in [6.07, 6.45) is -2.08. The zero-order valence-electron chi connectivity index (χ0n) is 22.0. The summed E-state index contributed by atoms with van der Waals surface area (Å²) in [6, 6.07) is 0. The average Bonchev–Trinajstić information content (AvgIpc) is 2.84. The molecule has 0 bridgehead atoms. The first-order valence-corrected chi connectivity index (χ1v) is 11.8. The molecule has 0 fully saturated rings. The van der Waals surface area contributed by atoms with E-state index in [1.807, 2.05) is 0 Å². The molecule has 0 aliphatic rings. The molecule has 0 aromatic rings. The molecular formula is C25H36O12. The maximum atomic E-state index is 12.7. The van der Waals surface area contributed by atoms with E-state index in [2.05, 4.69) is 13.2 Å². The molecule has 0 saturated carbocycles. The summed E-state index contributed by atoms with van der Waals surface area (Å²) in [5.41, 5.74) is -0.603. The molecule has 0 heterocycles. The third-order valence-corrected chi connectivity index (χ3v) is 4.62.